The van der Waals surface area contributed by atoms with Gasteiger partial charge < -0.3 is 33.0 Å². The number of hydrogen-bond donors (Lipinski definition) is 1. The summed E-state index contributed by atoms with van der Waals surface area (Å²) in [5, 5.41) is 10.1. The van der Waals surface area contributed by atoms with Gasteiger partial charge in [0.25, 0.3) is 7.82 Å². The fourth-order valence-electron chi connectivity index (χ4n) is 5.67. The number of phosphoric ester groups is 1. The first-order chi connectivity index (χ1) is 26.9. The summed E-state index contributed by atoms with van der Waals surface area (Å²) in [6.07, 6.45) is 38.8. The number of allylic oxidation sites excluding steroid dienone is 6. The van der Waals surface area contributed by atoms with Crippen molar-refractivity contribution < 1.29 is 47.2 Å². The van der Waals surface area contributed by atoms with Crippen molar-refractivity contribution in [1.82, 2.24) is 0 Å². The molecule has 11 heteroatoms. The molecular weight excluding hydrogens is 729 g/mol. The minimum atomic E-state index is -4.65. The summed E-state index contributed by atoms with van der Waals surface area (Å²) >= 11 is 0. The van der Waals surface area contributed by atoms with E-state index in [4.69, 9.17) is 18.5 Å². The van der Waals surface area contributed by atoms with Gasteiger partial charge in [0.15, 0.2) is 6.10 Å². The molecule has 0 amide bonds. The van der Waals surface area contributed by atoms with Crippen molar-refractivity contribution in [3.05, 3.63) is 48.6 Å². The van der Waals surface area contributed by atoms with Crippen LogP contribution < -0.4 is 4.89 Å². The van der Waals surface area contributed by atoms with Gasteiger partial charge in [-0.3, -0.25) is 14.2 Å². The van der Waals surface area contributed by atoms with Gasteiger partial charge in [-0.2, -0.15) is 0 Å². The van der Waals surface area contributed by atoms with Gasteiger partial charge in [-0.05, 0) is 44.9 Å². The molecule has 0 spiro atoms. The normalized spacial score (nSPS) is 14.6. The van der Waals surface area contributed by atoms with E-state index in [0.717, 1.165) is 32.1 Å². The van der Waals surface area contributed by atoms with Crippen molar-refractivity contribution in [2.75, 3.05) is 47.5 Å². The fraction of sp³-hybridized carbons (Fsp3) is 0.778. The molecular formula is C45H82NO9P. The molecule has 1 unspecified atom stereocenters. The molecule has 0 aliphatic carbocycles. The van der Waals surface area contributed by atoms with Crippen LogP contribution in [0.15, 0.2) is 48.6 Å². The van der Waals surface area contributed by atoms with Gasteiger partial charge >= 0.3 is 11.9 Å². The summed E-state index contributed by atoms with van der Waals surface area (Å²) in [7, 11) is 1.10. The van der Waals surface area contributed by atoms with E-state index >= 15 is 0 Å². The molecule has 0 fully saturated rings. The molecule has 10 nitrogen and oxygen atoms in total. The second-order valence-corrected chi connectivity index (χ2v) is 17.3. The van der Waals surface area contributed by atoms with Gasteiger partial charge in [-0.25, -0.2) is 0 Å². The number of hydrogen-bond acceptors (Lipinski definition) is 9. The summed E-state index contributed by atoms with van der Waals surface area (Å²) < 4.78 is 33.8. The van der Waals surface area contributed by atoms with Crippen LogP contribution in [0, 0.1) is 0 Å². The third-order valence-corrected chi connectivity index (χ3v) is 10.1. The number of carbonyl (C=O) groups is 2. The van der Waals surface area contributed by atoms with Gasteiger partial charge in [0.1, 0.15) is 19.8 Å². The number of phosphoric acid groups is 1. The van der Waals surface area contributed by atoms with Gasteiger partial charge in [-0.15, -0.1) is 0 Å². The average molecular weight is 812 g/mol. The summed E-state index contributed by atoms with van der Waals surface area (Å²) in [4.78, 5) is 37.5. The highest BCUT2D eigenvalue weighted by molar-refractivity contribution is 7.45. The van der Waals surface area contributed by atoms with Crippen molar-refractivity contribution in [2.24, 2.45) is 0 Å². The molecule has 3 atom stereocenters. The van der Waals surface area contributed by atoms with Gasteiger partial charge in [0.05, 0.1) is 33.9 Å². The smallest absolute Gasteiger partial charge is 0.306 e. The Labute approximate surface area is 342 Å². The quantitative estimate of drug-likeness (QED) is 0.0161. The van der Waals surface area contributed by atoms with Crippen molar-refractivity contribution in [3.63, 3.8) is 0 Å². The maximum absolute atomic E-state index is 12.7. The summed E-state index contributed by atoms with van der Waals surface area (Å²) in [6.45, 7) is 4.04. The Morgan fingerprint density at radius 2 is 1.21 bits per heavy atom. The number of carbonyl (C=O) groups excluding carboxylic acids is 2. The molecule has 56 heavy (non-hydrogen) atoms. The predicted octanol–water partition coefficient (Wildman–Crippen LogP) is 10.6. The molecule has 0 radical (unpaired) electrons. The number of aliphatic hydroxyl groups is 1. The van der Waals surface area contributed by atoms with Crippen LogP contribution in [0.5, 0.6) is 0 Å². The molecule has 0 saturated carbocycles. The van der Waals surface area contributed by atoms with E-state index in [0.29, 0.717) is 36.7 Å². The lowest BCUT2D eigenvalue weighted by molar-refractivity contribution is -0.870. The number of nitrogens with zero attached hydrogens (tertiary/aromatic N) is 1. The van der Waals surface area contributed by atoms with E-state index in [1.807, 2.05) is 57.6 Å². The number of unbranched alkanes of at least 4 members (excludes halogenated alkanes) is 17. The molecule has 0 heterocycles. The Morgan fingerprint density at radius 3 is 1.84 bits per heavy atom. The number of likely N-dealkylation sites (N-methyl/N-ethyl adjacent to an activating group) is 1. The first-order valence-corrected chi connectivity index (χ1v) is 23.4. The van der Waals surface area contributed by atoms with E-state index in [2.05, 4.69) is 19.9 Å². The van der Waals surface area contributed by atoms with Crippen LogP contribution in [0.1, 0.15) is 168 Å². The molecule has 0 aromatic carbocycles. The molecule has 326 valence electrons. The van der Waals surface area contributed by atoms with Gasteiger partial charge in [0.2, 0.25) is 0 Å². The Bertz CT molecular complexity index is 1120. The zero-order valence-electron chi connectivity index (χ0n) is 36.2. The SMILES string of the molecule is CCCCC/C=C\C=C/[C@@H](O)C/C=C\C/C=C/CCCC(=O)OC[C@H](COP(=O)([O-])OCC[N+](C)(C)C)OC(=O)CCCCCCCCCCCCCCCC. The fourth-order valence-corrected chi connectivity index (χ4v) is 6.40. The Morgan fingerprint density at radius 1 is 0.661 bits per heavy atom. The van der Waals surface area contributed by atoms with Crippen LogP contribution in [-0.4, -0.2) is 81.2 Å². The molecule has 0 saturated heterocycles. The van der Waals surface area contributed by atoms with E-state index in [1.165, 1.54) is 83.5 Å². The third-order valence-electron chi connectivity index (χ3n) is 9.18. The summed E-state index contributed by atoms with van der Waals surface area (Å²) in [5.74, 6) is -0.940. The lowest BCUT2D eigenvalue weighted by Gasteiger charge is -2.28. The lowest BCUT2D eigenvalue weighted by atomic mass is 10.0. The number of aliphatic hydroxyl groups excluding tert-OH is 1. The first kappa shape index (κ1) is 53.9. The Balaban J connectivity index is 4.51. The van der Waals surface area contributed by atoms with Crippen LogP contribution in [0.4, 0.5) is 0 Å². The van der Waals surface area contributed by atoms with E-state index in [-0.39, 0.29) is 26.1 Å². The van der Waals surface area contributed by atoms with Crippen molar-refractivity contribution in [3.8, 4) is 0 Å². The Hall–Kier alpha value is -2.07. The number of esters is 2. The van der Waals surface area contributed by atoms with Crippen LogP contribution in [0.25, 0.3) is 0 Å². The van der Waals surface area contributed by atoms with Crippen molar-refractivity contribution >= 4 is 19.8 Å². The highest BCUT2D eigenvalue weighted by Gasteiger charge is 2.21. The molecule has 0 rings (SSSR count). The highest BCUT2D eigenvalue weighted by Crippen LogP contribution is 2.38. The average Bonchev–Trinajstić information content (AvgIpc) is 3.14. The monoisotopic (exact) mass is 812 g/mol. The number of rotatable bonds is 39. The van der Waals surface area contributed by atoms with Crippen LogP contribution in [0.2, 0.25) is 0 Å². The lowest BCUT2D eigenvalue weighted by Crippen LogP contribution is -2.37. The van der Waals surface area contributed by atoms with Crippen molar-refractivity contribution in [2.45, 2.75) is 180 Å². The van der Waals surface area contributed by atoms with E-state index in [1.54, 1.807) is 6.08 Å². The highest BCUT2D eigenvalue weighted by atomic mass is 31.2. The maximum atomic E-state index is 12.7. The van der Waals surface area contributed by atoms with Gasteiger partial charge in [-0.1, -0.05) is 159 Å². The molecule has 0 bridgehead atoms. The van der Waals surface area contributed by atoms with E-state index < -0.39 is 38.6 Å². The van der Waals surface area contributed by atoms with Crippen LogP contribution in [-0.2, 0) is 32.7 Å². The standard InChI is InChI=1S/C45H82NO9P/c1-6-8-10-12-14-15-16-17-18-19-20-24-29-33-37-45(49)55-43(41-54-56(50,51)53-39-38-46(3,4)5)40-52-44(48)36-32-28-25-21-23-27-31-35-42(47)34-30-26-22-13-11-9-7-2/h21-22,25-27,30-31,34,42-43,47H,6-20,23-24,28-29,32-33,35-41H2,1-5H3/b25-21+,26-22-,31-27-,34-30-/t42-,43-/m1/s1. The van der Waals surface area contributed by atoms with Gasteiger partial charge in [0, 0.05) is 12.8 Å². The zero-order valence-corrected chi connectivity index (χ0v) is 37.1. The zero-order chi connectivity index (χ0) is 41.6. The second kappa shape index (κ2) is 37.2. The molecule has 0 aromatic rings. The second-order valence-electron chi connectivity index (χ2n) is 15.9. The Kier molecular flexibility index (Phi) is 35.8. The third kappa shape index (κ3) is 40.1. The van der Waals surface area contributed by atoms with E-state index in [9.17, 15) is 24.2 Å². The van der Waals surface area contributed by atoms with Crippen LogP contribution >= 0.6 is 7.82 Å². The molecule has 0 aromatic heterocycles. The number of ether oxygens (including phenoxy) is 2. The molecule has 1 N–H and O–H groups in total. The summed E-state index contributed by atoms with van der Waals surface area (Å²) in [6, 6.07) is 0. The molecule has 0 aliphatic heterocycles. The maximum Gasteiger partial charge on any atom is 0.306 e. The minimum Gasteiger partial charge on any atom is -0.756 e. The summed E-state index contributed by atoms with van der Waals surface area (Å²) in [5.41, 5.74) is 0. The predicted molar refractivity (Wildman–Crippen MR) is 228 cm³/mol. The first-order valence-electron chi connectivity index (χ1n) is 22.0. The number of quaternary nitrogens is 1. The molecule has 0 aliphatic rings. The topological polar surface area (TPSA) is 131 Å². The largest absolute Gasteiger partial charge is 0.756 e. The minimum absolute atomic E-state index is 0.0499. The van der Waals surface area contributed by atoms with Crippen LogP contribution in [0.3, 0.4) is 0 Å². The van der Waals surface area contributed by atoms with Crippen molar-refractivity contribution in [1.29, 1.82) is 0 Å².